The van der Waals surface area contributed by atoms with E-state index >= 15 is 0 Å². The van der Waals surface area contributed by atoms with Gasteiger partial charge in [-0.1, -0.05) is 230 Å². The van der Waals surface area contributed by atoms with Gasteiger partial charge < -0.3 is 4.42 Å². The normalized spacial score (nSPS) is 14.9. The second-order valence-electron chi connectivity index (χ2n) is 24.4. The van der Waals surface area contributed by atoms with E-state index in [1.807, 2.05) is 6.07 Å². The van der Waals surface area contributed by atoms with Gasteiger partial charge in [0.1, 0.15) is 11.2 Å². The van der Waals surface area contributed by atoms with E-state index in [0.717, 1.165) is 21.9 Å². The lowest BCUT2D eigenvalue weighted by molar-refractivity contribution is 0.656. The molecular weight excluding hydrogens is 953 g/mol. The first-order valence-corrected chi connectivity index (χ1v) is 28.1. The molecule has 3 aliphatic carbocycles. The van der Waals surface area contributed by atoms with Gasteiger partial charge in [-0.3, -0.25) is 0 Å². The van der Waals surface area contributed by atoms with Crippen molar-refractivity contribution in [3.63, 3.8) is 0 Å². The molecule has 0 spiro atoms. The number of furan rings is 1. The predicted molar refractivity (Wildman–Crippen MR) is 332 cm³/mol. The van der Waals surface area contributed by atoms with Gasteiger partial charge in [0.2, 0.25) is 0 Å². The molecular formula is C78H58O. The van der Waals surface area contributed by atoms with E-state index in [4.69, 9.17) is 4.42 Å². The van der Waals surface area contributed by atoms with Gasteiger partial charge in [-0.05, 0) is 187 Å². The Morgan fingerprint density at radius 1 is 0.253 bits per heavy atom. The molecule has 3 aliphatic rings. The summed E-state index contributed by atoms with van der Waals surface area (Å²) in [7, 11) is 0. The highest BCUT2D eigenvalue weighted by atomic mass is 16.3. The lowest BCUT2D eigenvalue weighted by Crippen LogP contribution is -2.18. The van der Waals surface area contributed by atoms with Crippen molar-refractivity contribution in [1.82, 2.24) is 0 Å². The Balaban J connectivity index is 0.812. The second-order valence-corrected chi connectivity index (χ2v) is 24.4. The minimum atomic E-state index is -0.234. The Morgan fingerprint density at radius 3 is 1.01 bits per heavy atom. The maximum Gasteiger partial charge on any atom is 0.135 e. The third-order valence-corrected chi connectivity index (χ3v) is 19.0. The molecule has 0 unspecified atom stereocenters. The maximum atomic E-state index is 6.24. The van der Waals surface area contributed by atoms with Crippen molar-refractivity contribution in [3.8, 4) is 66.8 Å². The van der Waals surface area contributed by atoms with Gasteiger partial charge in [0.05, 0.1) is 0 Å². The van der Waals surface area contributed by atoms with E-state index in [1.165, 1.54) is 138 Å². The molecule has 1 heterocycles. The van der Waals surface area contributed by atoms with Crippen LogP contribution in [-0.2, 0) is 16.2 Å². The first kappa shape index (κ1) is 46.1. The van der Waals surface area contributed by atoms with Crippen molar-refractivity contribution in [1.29, 1.82) is 0 Å². The molecule has 0 saturated heterocycles. The molecule has 12 aromatic carbocycles. The lowest BCUT2D eigenvalue weighted by Gasteiger charge is -2.28. The third kappa shape index (κ3) is 6.82. The molecule has 1 aromatic heterocycles. The van der Waals surface area contributed by atoms with Crippen LogP contribution < -0.4 is 0 Å². The first-order valence-electron chi connectivity index (χ1n) is 28.1. The van der Waals surface area contributed by atoms with Crippen LogP contribution in [0.4, 0.5) is 0 Å². The number of fused-ring (bicyclic) bond motifs is 14. The average molecular weight is 1010 g/mol. The van der Waals surface area contributed by atoms with E-state index in [9.17, 15) is 0 Å². The Kier molecular flexibility index (Phi) is 9.62. The molecule has 16 rings (SSSR count). The van der Waals surface area contributed by atoms with E-state index in [-0.39, 0.29) is 22.2 Å². The zero-order valence-electron chi connectivity index (χ0n) is 45.5. The fourth-order valence-electron chi connectivity index (χ4n) is 14.6. The number of hydrogen-bond donors (Lipinski definition) is 0. The fraction of sp³-hybridized carbons (Fsp3) is 0.128. The SMILES string of the molecule is CC1(C)c2cc(-c3ccc4ccccc4c3)ccc2-c2ccc(C(c3ccc4c(c3)C(C)(C)c3cc(-c5ccc6ccccc6c5)ccc3-4)c3ccc4c(c3)C(C)(C)c3cc(-c5ccc6oc7ccccc7c6c5)ccc3-4)cc21. The molecule has 79 heavy (non-hydrogen) atoms. The summed E-state index contributed by atoms with van der Waals surface area (Å²) in [5.74, 6) is -0.0205. The Labute approximate surface area is 462 Å². The van der Waals surface area contributed by atoms with Crippen molar-refractivity contribution < 1.29 is 4.42 Å². The highest BCUT2D eigenvalue weighted by Gasteiger charge is 2.40. The topological polar surface area (TPSA) is 13.1 Å². The van der Waals surface area contributed by atoms with Crippen LogP contribution in [0.5, 0.6) is 0 Å². The summed E-state index contributed by atoms with van der Waals surface area (Å²) in [6.07, 6.45) is 0. The molecule has 0 saturated carbocycles. The molecule has 0 aliphatic heterocycles. The summed E-state index contributed by atoms with van der Waals surface area (Å²) in [5.41, 5.74) is 28.9. The smallest absolute Gasteiger partial charge is 0.135 e. The van der Waals surface area contributed by atoms with Crippen LogP contribution in [-0.4, -0.2) is 0 Å². The summed E-state index contributed by atoms with van der Waals surface area (Å²) in [6, 6.07) is 89.9. The highest BCUT2D eigenvalue weighted by Crippen LogP contribution is 2.56. The molecule has 0 bridgehead atoms. The largest absolute Gasteiger partial charge is 0.456 e. The molecule has 0 fully saturated rings. The summed E-state index contributed by atoms with van der Waals surface area (Å²) in [5, 5.41) is 7.38. The highest BCUT2D eigenvalue weighted by molar-refractivity contribution is 6.06. The van der Waals surface area contributed by atoms with Crippen LogP contribution in [0.25, 0.3) is 110 Å². The van der Waals surface area contributed by atoms with Crippen molar-refractivity contribution in [2.75, 3.05) is 0 Å². The zero-order valence-corrected chi connectivity index (χ0v) is 45.5. The molecule has 0 atom stereocenters. The van der Waals surface area contributed by atoms with Gasteiger partial charge in [-0.15, -0.1) is 0 Å². The van der Waals surface area contributed by atoms with Gasteiger partial charge in [0.15, 0.2) is 0 Å². The molecule has 0 amide bonds. The number of rotatable bonds is 6. The molecule has 1 nitrogen and oxygen atoms in total. The van der Waals surface area contributed by atoms with Crippen LogP contribution in [0.1, 0.15) is 97.5 Å². The molecule has 376 valence electrons. The van der Waals surface area contributed by atoms with Crippen LogP contribution >= 0.6 is 0 Å². The number of para-hydroxylation sites is 1. The third-order valence-electron chi connectivity index (χ3n) is 19.0. The summed E-state index contributed by atoms with van der Waals surface area (Å²) in [6.45, 7) is 14.6. The van der Waals surface area contributed by atoms with Crippen LogP contribution in [0.3, 0.4) is 0 Å². The van der Waals surface area contributed by atoms with Crippen molar-refractivity contribution in [2.24, 2.45) is 0 Å². The van der Waals surface area contributed by atoms with E-state index < -0.39 is 0 Å². The van der Waals surface area contributed by atoms with Gasteiger partial charge in [-0.25, -0.2) is 0 Å². The summed E-state index contributed by atoms with van der Waals surface area (Å²) < 4.78 is 6.24. The van der Waals surface area contributed by atoms with Gasteiger partial charge in [-0.2, -0.15) is 0 Å². The second kappa shape index (κ2) is 16.5. The van der Waals surface area contributed by atoms with Crippen LogP contribution in [0, 0.1) is 0 Å². The van der Waals surface area contributed by atoms with Crippen molar-refractivity contribution >= 4 is 43.5 Å². The zero-order chi connectivity index (χ0) is 53.1. The molecule has 13 aromatic rings. The Bertz CT molecular complexity index is 4570. The molecule has 0 radical (unpaired) electrons. The Hall–Kier alpha value is -9.04. The number of benzene rings is 12. The summed E-state index contributed by atoms with van der Waals surface area (Å²) >= 11 is 0. The van der Waals surface area contributed by atoms with Gasteiger partial charge in [0, 0.05) is 32.9 Å². The van der Waals surface area contributed by atoms with Gasteiger partial charge in [0.25, 0.3) is 0 Å². The van der Waals surface area contributed by atoms with Crippen molar-refractivity contribution in [3.05, 3.63) is 287 Å². The maximum absolute atomic E-state index is 6.24. The van der Waals surface area contributed by atoms with Crippen LogP contribution in [0.15, 0.2) is 241 Å². The minimum absolute atomic E-state index is 0.0205. The van der Waals surface area contributed by atoms with E-state index in [0.29, 0.717) is 0 Å². The minimum Gasteiger partial charge on any atom is -0.456 e. The monoisotopic (exact) mass is 1010 g/mol. The molecule has 0 N–H and O–H groups in total. The van der Waals surface area contributed by atoms with Crippen molar-refractivity contribution in [2.45, 2.75) is 63.7 Å². The quantitative estimate of drug-likeness (QED) is 0.151. The number of hydrogen-bond acceptors (Lipinski definition) is 1. The Morgan fingerprint density at radius 2 is 0.570 bits per heavy atom. The average Bonchev–Trinajstić information content (AvgIpc) is 4.34. The van der Waals surface area contributed by atoms with E-state index in [2.05, 4.69) is 272 Å². The summed E-state index contributed by atoms with van der Waals surface area (Å²) in [4.78, 5) is 0. The van der Waals surface area contributed by atoms with E-state index in [1.54, 1.807) is 0 Å². The fourth-order valence-corrected chi connectivity index (χ4v) is 14.6. The molecule has 1 heteroatoms. The predicted octanol–water partition coefficient (Wildman–Crippen LogP) is 21.0. The standard InChI is InChI=1S/C78H58O/c1-76(2)67-40-53(50-21-19-46-13-7-9-15-48(46)37-50)23-30-59(67)62-33-26-56(43-70(62)76)75(57-27-34-63-60-31-24-54(41-68(60)77(3,4)71(63)44-57)51-22-20-47-14-8-10-16-49(47)38-51)58-28-35-64-61-32-25-55(42-69(61)78(5,6)72(64)45-58)52-29-36-74-66(39-52)65-17-11-12-18-73(65)79-74/h7-45,75H,1-6H3. The van der Waals surface area contributed by atoms with Crippen LogP contribution in [0.2, 0.25) is 0 Å². The first-order chi connectivity index (χ1) is 38.4. The van der Waals surface area contributed by atoms with Gasteiger partial charge >= 0.3 is 0 Å². The lowest BCUT2D eigenvalue weighted by atomic mass is 9.75.